The largest absolute Gasteiger partial charge is 0.538 e. The summed E-state index contributed by atoms with van der Waals surface area (Å²) >= 11 is -0.578. The van der Waals surface area contributed by atoms with E-state index in [0.717, 1.165) is 12.2 Å². The topological polar surface area (TPSA) is 9.23 Å². The number of ether oxygens (including phenoxy) is 1. The van der Waals surface area contributed by atoms with Crippen molar-refractivity contribution in [2.75, 3.05) is 0 Å². The predicted molar refractivity (Wildman–Crippen MR) is 58.1 cm³/mol. The highest BCUT2D eigenvalue weighted by Gasteiger charge is 2.02. The SMILES string of the molecule is CCC(C)Oc1ccc[c]([Mg][Cl])c1. The molecule has 0 aliphatic carbocycles. The maximum absolute atomic E-state index is 5.85. The molecule has 1 rings (SSSR count). The van der Waals surface area contributed by atoms with E-state index in [1.54, 1.807) is 0 Å². The first-order chi connectivity index (χ1) is 6.26. The van der Waals surface area contributed by atoms with E-state index in [4.69, 9.17) is 13.8 Å². The number of benzene rings is 1. The average Bonchev–Trinajstić information content (AvgIpc) is 2.18. The van der Waals surface area contributed by atoms with Crippen molar-refractivity contribution in [2.45, 2.75) is 26.4 Å². The molecule has 3 heteroatoms. The lowest BCUT2D eigenvalue weighted by Crippen LogP contribution is -2.13. The van der Waals surface area contributed by atoms with Crippen molar-refractivity contribution in [1.82, 2.24) is 0 Å². The van der Waals surface area contributed by atoms with E-state index >= 15 is 0 Å². The smallest absolute Gasteiger partial charge is 0.491 e. The molecule has 0 saturated carbocycles. The van der Waals surface area contributed by atoms with Crippen molar-refractivity contribution in [3.05, 3.63) is 24.3 Å². The van der Waals surface area contributed by atoms with Crippen molar-refractivity contribution in [1.29, 1.82) is 0 Å². The molecular formula is C10H13ClMgO. The zero-order chi connectivity index (χ0) is 9.68. The van der Waals surface area contributed by atoms with E-state index in [9.17, 15) is 0 Å². The van der Waals surface area contributed by atoms with Crippen molar-refractivity contribution in [3.8, 4) is 5.75 Å². The molecule has 0 amide bonds. The van der Waals surface area contributed by atoms with Gasteiger partial charge in [0, 0.05) is 0 Å². The summed E-state index contributed by atoms with van der Waals surface area (Å²) in [5, 5.41) is 0. The summed E-state index contributed by atoms with van der Waals surface area (Å²) in [6.07, 6.45) is 1.31. The van der Waals surface area contributed by atoms with Gasteiger partial charge in [-0.1, -0.05) is 19.1 Å². The summed E-state index contributed by atoms with van der Waals surface area (Å²) in [6.45, 7) is 4.19. The van der Waals surface area contributed by atoms with Gasteiger partial charge in [-0.25, -0.2) is 0 Å². The van der Waals surface area contributed by atoms with Crippen molar-refractivity contribution < 1.29 is 4.74 Å². The normalized spacial score (nSPS) is 11.9. The molecule has 0 aromatic heterocycles. The Balaban J connectivity index is 2.66. The number of hydrogen-bond acceptors (Lipinski definition) is 1. The lowest BCUT2D eigenvalue weighted by Gasteiger charge is -2.12. The van der Waals surface area contributed by atoms with E-state index in [0.29, 0.717) is 0 Å². The molecule has 0 aliphatic heterocycles. The van der Waals surface area contributed by atoms with Crippen LogP contribution in [-0.4, -0.2) is 25.4 Å². The zero-order valence-corrected chi connectivity index (χ0v) is 10.3. The molecule has 0 fully saturated rings. The third kappa shape index (κ3) is 3.75. The highest BCUT2D eigenvalue weighted by molar-refractivity contribution is 7.01. The minimum atomic E-state index is -0.578. The molecular weight excluding hydrogens is 196 g/mol. The van der Waals surface area contributed by atoms with Gasteiger partial charge in [-0.3, -0.25) is 0 Å². The Hall–Kier alpha value is 0.0762. The van der Waals surface area contributed by atoms with E-state index in [1.165, 1.54) is 3.69 Å². The minimum Gasteiger partial charge on any atom is -0.491 e. The lowest BCUT2D eigenvalue weighted by atomic mass is 10.3. The molecule has 0 bridgehead atoms. The molecule has 1 unspecified atom stereocenters. The van der Waals surface area contributed by atoms with Crippen LogP contribution in [-0.2, 0) is 0 Å². The van der Waals surface area contributed by atoms with Gasteiger partial charge in [0.25, 0.3) is 0 Å². The average molecular weight is 209 g/mol. The van der Waals surface area contributed by atoms with Gasteiger partial charge in [0.1, 0.15) is 5.75 Å². The Morgan fingerprint density at radius 1 is 1.54 bits per heavy atom. The summed E-state index contributed by atoms with van der Waals surface area (Å²) in [4.78, 5) is 0. The molecule has 0 heterocycles. The highest BCUT2D eigenvalue weighted by Crippen LogP contribution is 2.10. The highest BCUT2D eigenvalue weighted by atomic mass is 35.5. The molecule has 13 heavy (non-hydrogen) atoms. The first-order valence-corrected chi connectivity index (χ1v) is 7.42. The fourth-order valence-electron chi connectivity index (χ4n) is 1.02. The fraction of sp³-hybridized carbons (Fsp3) is 0.400. The summed E-state index contributed by atoms with van der Waals surface area (Å²) < 4.78 is 6.91. The maximum Gasteiger partial charge on any atom is 0.538 e. The second-order valence-electron chi connectivity index (χ2n) is 3.12. The van der Waals surface area contributed by atoms with Crippen LogP contribution in [0.2, 0.25) is 0 Å². The molecule has 0 N–H and O–H groups in total. The molecule has 1 aromatic carbocycles. The van der Waals surface area contributed by atoms with Crippen molar-refractivity contribution >= 4 is 32.0 Å². The Labute approximate surface area is 92.9 Å². The molecule has 0 aliphatic rings. The van der Waals surface area contributed by atoms with Crippen LogP contribution in [0.25, 0.3) is 0 Å². The Kier molecular flexibility index (Phi) is 4.92. The molecule has 0 spiro atoms. The third-order valence-corrected chi connectivity index (χ3v) is 3.64. The quantitative estimate of drug-likeness (QED) is 0.691. The second kappa shape index (κ2) is 5.73. The molecule has 1 atom stereocenters. The first kappa shape index (κ1) is 11.2. The van der Waals surface area contributed by atoms with Crippen LogP contribution in [0.5, 0.6) is 5.75 Å². The van der Waals surface area contributed by atoms with Crippen LogP contribution in [0.1, 0.15) is 20.3 Å². The van der Waals surface area contributed by atoms with Gasteiger partial charge in [0.05, 0.1) is 6.10 Å². The molecule has 68 valence electrons. The van der Waals surface area contributed by atoms with Crippen LogP contribution in [0.3, 0.4) is 0 Å². The van der Waals surface area contributed by atoms with Gasteiger partial charge >= 0.3 is 19.3 Å². The standard InChI is InChI=1S/C10H13O.ClH.Mg/c1-3-9(2)11-10-7-5-4-6-8-10;;/h4-5,7-9H,3H2,1-2H3;1H;/q;;+1/p-1. The van der Waals surface area contributed by atoms with Crippen molar-refractivity contribution in [2.24, 2.45) is 0 Å². The maximum atomic E-state index is 5.85. The Morgan fingerprint density at radius 3 is 2.92 bits per heavy atom. The summed E-state index contributed by atoms with van der Waals surface area (Å²) in [6, 6.07) is 8.09. The van der Waals surface area contributed by atoms with Gasteiger partial charge < -0.3 is 13.8 Å². The Bertz CT molecular complexity index is 265. The number of rotatable bonds is 4. The summed E-state index contributed by atoms with van der Waals surface area (Å²) in [7, 11) is 5.85. The second-order valence-corrected chi connectivity index (χ2v) is 5.00. The Morgan fingerprint density at radius 2 is 2.31 bits per heavy atom. The molecule has 1 nitrogen and oxygen atoms in total. The van der Waals surface area contributed by atoms with Gasteiger partial charge in [-0.05, 0) is 25.5 Å². The van der Waals surface area contributed by atoms with Gasteiger partial charge in [-0.15, -0.1) is 3.69 Å². The van der Waals surface area contributed by atoms with Crippen LogP contribution >= 0.6 is 9.07 Å². The first-order valence-electron chi connectivity index (χ1n) is 4.57. The fourth-order valence-corrected chi connectivity index (χ4v) is 2.02. The zero-order valence-electron chi connectivity index (χ0n) is 8.09. The van der Waals surface area contributed by atoms with E-state index < -0.39 is 19.3 Å². The predicted octanol–water partition coefficient (Wildman–Crippen LogP) is 2.35. The minimum absolute atomic E-state index is 0.284. The monoisotopic (exact) mass is 208 g/mol. The molecule has 0 saturated heterocycles. The molecule has 1 aromatic rings. The molecule has 0 radical (unpaired) electrons. The van der Waals surface area contributed by atoms with Crippen LogP contribution in [0.15, 0.2) is 24.3 Å². The van der Waals surface area contributed by atoms with E-state index in [2.05, 4.69) is 19.9 Å². The number of hydrogen-bond donors (Lipinski definition) is 0. The summed E-state index contributed by atoms with van der Waals surface area (Å²) in [5.41, 5.74) is 0. The van der Waals surface area contributed by atoms with Gasteiger partial charge in [0.2, 0.25) is 0 Å². The van der Waals surface area contributed by atoms with Crippen LogP contribution in [0.4, 0.5) is 0 Å². The lowest BCUT2D eigenvalue weighted by molar-refractivity contribution is 0.217. The van der Waals surface area contributed by atoms with Crippen molar-refractivity contribution in [3.63, 3.8) is 0 Å². The van der Waals surface area contributed by atoms with E-state index in [-0.39, 0.29) is 6.10 Å². The van der Waals surface area contributed by atoms with Gasteiger partial charge in [-0.2, -0.15) is 0 Å². The number of halogens is 1. The third-order valence-electron chi connectivity index (χ3n) is 1.96. The van der Waals surface area contributed by atoms with Crippen LogP contribution in [0, 0.1) is 0 Å². The van der Waals surface area contributed by atoms with E-state index in [1.807, 2.05) is 18.2 Å². The van der Waals surface area contributed by atoms with Gasteiger partial charge in [0.15, 0.2) is 0 Å². The summed E-state index contributed by atoms with van der Waals surface area (Å²) in [5.74, 6) is 0.944. The van der Waals surface area contributed by atoms with Crippen LogP contribution < -0.4 is 8.43 Å².